The van der Waals surface area contributed by atoms with Crippen molar-refractivity contribution in [1.82, 2.24) is 0 Å². The number of hydrogen-bond donors (Lipinski definition) is 0. The van der Waals surface area contributed by atoms with E-state index in [-0.39, 0.29) is 5.57 Å². The molecule has 0 radical (unpaired) electrons. The predicted octanol–water partition coefficient (Wildman–Crippen LogP) is 2.59. The molecule has 0 aliphatic carbocycles. The van der Waals surface area contributed by atoms with Crippen molar-refractivity contribution in [1.29, 1.82) is 0 Å². The van der Waals surface area contributed by atoms with Crippen molar-refractivity contribution in [2.45, 2.75) is 0 Å². The van der Waals surface area contributed by atoms with E-state index >= 15 is 0 Å². The molecule has 8 heteroatoms. The van der Waals surface area contributed by atoms with E-state index in [4.69, 9.17) is 0 Å². The summed E-state index contributed by atoms with van der Waals surface area (Å²) in [4.78, 5) is 24.9. The fraction of sp³-hybridized carbons (Fsp3) is 0.125. The molecule has 1 aliphatic rings. The average molecular weight is 339 g/mol. The minimum Gasteiger partial charge on any atom is -0.465 e. The quantitative estimate of drug-likeness (QED) is 0.626. The van der Waals surface area contributed by atoms with Gasteiger partial charge in [0.25, 0.3) is 0 Å². The number of ether oxygens (including phenoxy) is 2. The zero-order chi connectivity index (χ0) is 17.9. The number of nitrogens with zero attached hydrogens (tertiary/aromatic N) is 1. The molecule has 0 bridgehead atoms. The van der Waals surface area contributed by atoms with Gasteiger partial charge in [-0.25, -0.2) is 22.8 Å². The summed E-state index contributed by atoms with van der Waals surface area (Å²) in [6, 6.07) is 1.63. The Kier molecular flexibility index (Phi) is 5.08. The average Bonchev–Trinajstić information content (AvgIpc) is 2.81. The van der Waals surface area contributed by atoms with Gasteiger partial charge in [0.1, 0.15) is 5.70 Å². The summed E-state index contributed by atoms with van der Waals surface area (Å²) in [7, 11) is 2.15. The lowest BCUT2D eigenvalue weighted by Crippen LogP contribution is -2.27. The molecule has 0 unspecified atom stereocenters. The Hall–Kier alpha value is -3.03. The van der Waals surface area contributed by atoms with Crippen molar-refractivity contribution in [3.8, 4) is 0 Å². The molecule has 1 aromatic carbocycles. The summed E-state index contributed by atoms with van der Waals surface area (Å²) in [5.74, 6) is -6.49. The summed E-state index contributed by atoms with van der Waals surface area (Å²) in [5.41, 5.74) is -1.12. The first-order valence-corrected chi connectivity index (χ1v) is 6.60. The van der Waals surface area contributed by atoms with Gasteiger partial charge in [-0.05, 0) is 24.3 Å². The molecule has 1 aliphatic heterocycles. The van der Waals surface area contributed by atoms with Crippen LogP contribution < -0.4 is 4.90 Å². The van der Waals surface area contributed by atoms with Gasteiger partial charge in [-0.15, -0.1) is 0 Å². The van der Waals surface area contributed by atoms with Gasteiger partial charge in [0.2, 0.25) is 0 Å². The Balaban J connectivity index is 2.73. The minimum absolute atomic E-state index is 0.238. The Morgan fingerprint density at radius 2 is 1.62 bits per heavy atom. The molecular formula is C16H12F3NO4. The maximum Gasteiger partial charge on any atom is 0.355 e. The molecule has 0 saturated carbocycles. The van der Waals surface area contributed by atoms with Crippen LogP contribution in [0.4, 0.5) is 18.9 Å². The van der Waals surface area contributed by atoms with Crippen LogP contribution in [-0.4, -0.2) is 26.2 Å². The van der Waals surface area contributed by atoms with Gasteiger partial charge in [-0.3, -0.25) is 0 Å². The lowest BCUT2D eigenvalue weighted by atomic mass is 10.1. The fourth-order valence-corrected chi connectivity index (χ4v) is 2.05. The van der Waals surface area contributed by atoms with Crippen LogP contribution in [0.5, 0.6) is 0 Å². The molecular weight excluding hydrogens is 327 g/mol. The summed E-state index contributed by atoms with van der Waals surface area (Å²) in [5, 5.41) is 0. The number of rotatable bonds is 3. The third kappa shape index (κ3) is 3.03. The molecule has 126 valence electrons. The number of allylic oxidation sites excluding steroid dienone is 2. The second kappa shape index (κ2) is 7.03. The van der Waals surface area contributed by atoms with Gasteiger partial charge in [0.05, 0.1) is 25.5 Å². The number of anilines is 1. The molecule has 0 fully saturated rings. The first-order chi connectivity index (χ1) is 11.4. The normalized spacial score (nSPS) is 13.8. The smallest absolute Gasteiger partial charge is 0.355 e. The lowest BCUT2D eigenvalue weighted by molar-refractivity contribution is -0.139. The van der Waals surface area contributed by atoms with E-state index < -0.39 is 40.8 Å². The number of methoxy groups -OCH3 is 2. The van der Waals surface area contributed by atoms with Crippen LogP contribution in [-0.2, 0) is 19.1 Å². The maximum absolute atomic E-state index is 14.1. The predicted molar refractivity (Wildman–Crippen MR) is 78.1 cm³/mol. The summed E-state index contributed by atoms with van der Waals surface area (Å²) >= 11 is 0. The standard InChI is InChI=1S/C16H12F3NO4/c1-23-15(21)9-5-3-4-8-20(14(9)16(22)24-2)11-7-6-10(17)12(18)13(11)19/h3-8H,1-2H3. The molecule has 1 heterocycles. The number of hydrogen-bond acceptors (Lipinski definition) is 5. The highest BCUT2D eigenvalue weighted by atomic mass is 19.2. The molecule has 0 N–H and O–H groups in total. The monoisotopic (exact) mass is 339 g/mol. The molecule has 2 rings (SSSR count). The van der Waals surface area contributed by atoms with E-state index in [1.807, 2.05) is 0 Å². The van der Waals surface area contributed by atoms with Crippen LogP contribution >= 0.6 is 0 Å². The number of esters is 2. The molecule has 0 amide bonds. The maximum atomic E-state index is 14.1. The summed E-state index contributed by atoms with van der Waals surface area (Å²) in [6.45, 7) is 0. The van der Waals surface area contributed by atoms with E-state index in [1.54, 1.807) is 0 Å². The highest BCUT2D eigenvalue weighted by Gasteiger charge is 2.30. The second-order valence-electron chi connectivity index (χ2n) is 4.51. The zero-order valence-corrected chi connectivity index (χ0v) is 12.7. The van der Waals surface area contributed by atoms with Crippen molar-refractivity contribution < 1.29 is 32.2 Å². The van der Waals surface area contributed by atoms with Gasteiger partial charge >= 0.3 is 11.9 Å². The fourth-order valence-electron chi connectivity index (χ4n) is 2.05. The van der Waals surface area contributed by atoms with Crippen LogP contribution in [0, 0.1) is 17.5 Å². The van der Waals surface area contributed by atoms with Gasteiger partial charge < -0.3 is 14.4 Å². The third-order valence-corrected chi connectivity index (χ3v) is 3.16. The van der Waals surface area contributed by atoms with Crippen LogP contribution in [0.15, 0.2) is 47.8 Å². The van der Waals surface area contributed by atoms with E-state index in [1.165, 1.54) is 24.4 Å². The van der Waals surface area contributed by atoms with Crippen LogP contribution in [0.3, 0.4) is 0 Å². The zero-order valence-electron chi connectivity index (χ0n) is 12.7. The van der Waals surface area contributed by atoms with Crippen LogP contribution in [0.1, 0.15) is 0 Å². The highest BCUT2D eigenvalue weighted by Crippen LogP contribution is 2.30. The van der Waals surface area contributed by atoms with Crippen molar-refractivity contribution in [2.24, 2.45) is 0 Å². The van der Waals surface area contributed by atoms with Gasteiger partial charge in [0.15, 0.2) is 17.5 Å². The van der Waals surface area contributed by atoms with Crippen molar-refractivity contribution >= 4 is 17.6 Å². The number of carbonyl (C=O) groups excluding carboxylic acids is 2. The molecule has 5 nitrogen and oxygen atoms in total. The molecule has 1 aromatic rings. The third-order valence-electron chi connectivity index (χ3n) is 3.16. The number of benzene rings is 1. The van der Waals surface area contributed by atoms with E-state index in [9.17, 15) is 22.8 Å². The molecule has 0 saturated heterocycles. The number of carbonyl (C=O) groups is 2. The Morgan fingerprint density at radius 3 is 2.25 bits per heavy atom. The summed E-state index contributed by atoms with van der Waals surface area (Å²) < 4.78 is 50.0. The molecule has 24 heavy (non-hydrogen) atoms. The first kappa shape index (κ1) is 17.3. The van der Waals surface area contributed by atoms with Crippen molar-refractivity contribution in [3.05, 3.63) is 65.3 Å². The topological polar surface area (TPSA) is 55.8 Å². The lowest BCUT2D eigenvalue weighted by Gasteiger charge is -2.23. The van der Waals surface area contributed by atoms with Crippen molar-refractivity contribution in [3.63, 3.8) is 0 Å². The number of halogens is 3. The van der Waals surface area contributed by atoms with E-state index in [0.29, 0.717) is 6.07 Å². The van der Waals surface area contributed by atoms with Crippen molar-refractivity contribution in [2.75, 3.05) is 19.1 Å². The van der Waals surface area contributed by atoms with Crippen LogP contribution in [0.2, 0.25) is 0 Å². The van der Waals surface area contributed by atoms with Crippen LogP contribution in [0.25, 0.3) is 0 Å². The summed E-state index contributed by atoms with van der Waals surface area (Å²) in [6.07, 6.45) is 5.23. The molecule has 0 spiro atoms. The minimum atomic E-state index is -1.71. The first-order valence-electron chi connectivity index (χ1n) is 6.60. The highest BCUT2D eigenvalue weighted by molar-refractivity contribution is 6.05. The Labute approximate surface area is 135 Å². The molecule has 0 aromatic heterocycles. The van der Waals surface area contributed by atoms with E-state index in [0.717, 1.165) is 25.2 Å². The van der Waals surface area contributed by atoms with E-state index in [2.05, 4.69) is 9.47 Å². The Morgan fingerprint density at radius 1 is 0.958 bits per heavy atom. The van der Waals surface area contributed by atoms with Gasteiger partial charge in [-0.2, -0.15) is 0 Å². The molecule has 0 atom stereocenters. The second-order valence-corrected chi connectivity index (χ2v) is 4.51. The van der Waals surface area contributed by atoms with Gasteiger partial charge in [-0.1, -0.05) is 6.08 Å². The SMILES string of the molecule is COC(=O)C1=C(C(=O)OC)N(c2ccc(F)c(F)c2F)C=CC=C1. The van der Waals surface area contributed by atoms with Gasteiger partial charge in [0, 0.05) is 6.20 Å². The largest absolute Gasteiger partial charge is 0.465 e. The Bertz CT molecular complexity index is 784.